The molecule has 64 valence electrons. The van der Waals surface area contributed by atoms with Crippen molar-refractivity contribution in [3.8, 4) is 0 Å². The Labute approximate surface area is 70.7 Å². The number of fused-ring (bicyclic) bond motifs is 1. The number of hydrogen-bond acceptors (Lipinski definition) is 3. The third kappa shape index (κ3) is 1.16. The van der Waals surface area contributed by atoms with E-state index < -0.39 is 10.0 Å². The first-order valence-corrected chi connectivity index (χ1v) is 5.19. The van der Waals surface area contributed by atoms with E-state index in [-0.39, 0.29) is 5.75 Å². The average Bonchev–Trinajstić information content (AvgIpc) is 2.21. The minimum absolute atomic E-state index is 0.00398. The highest BCUT2D eigenvalue weighted by Gasteiger charge is 2.24. The first kappa shape index (κ1) is 7.54. The van der Waals surface area contributed by atoms with E-state index in [0.29, 0.717) is 11.4 Å². The largest absolute Gasteiger partial charge is 0.281 e. The highest BCUT2D eigenvalue weighted by molar-refractivity contribution is 7.92. The first-order chi connectivity index (χ1) is 5.57. The van der Waals surface area contributed by atoms with Gasteiger partial charge in [0.2, 0.25) is 10.0 Å². The van der Waals surface area contributed by atoms with Gasteiger partial charge in [0.15, 0.2) is 0 Å². The normalized spacial score (nSPS) is 18.4. The molecule has 0 saturated heterocycles. The summed E-state index contributed by atoms with van der Waals surface area (Å²) in [5, 5.41) is 0. The van der Waals surface area contributed by atoms with Gasteiger partial charge in [-0.3, -0.25) is 9.71 Å². The number of anilines is 1. The summed E-state index contributed by atoms with van der Waals surface area (Å²) in [4.78, 5) is 4.11. The molecule has 0 unspecified atom stereocenters. The number of nitrogens with one attached hydrogen (secondary N) is 1. The molecule has 1 N–H and O–H groups in total. The Bertz CT molecular complexity index is 425. The van der Waals surface area contributed by atoms with Crippen molar-refractivity contribution >= 4 is 15.7 Å². The van der Waals surface area contributed by atoms with Crippen molar-refractivity contribution in [1.82, 2.24) is 4.98 Å². The lowest BCUT2D eigenvalue weighted by molar-refractivity contribution is 0.602. The number of rotatable bonds is 0. The predicted molar refractivity (Wildman–Crippen MR) is 45.2 cm³/mol. The second kappa shape index (κ2) is 2.20. The molecule has 0 fully saturated rings. The maximum atomic E-state index is 11.0. The van der Waals surface area contributed by atoms with Crippen LogP contribution in [0, 0.1) is 6.92 Å². The molecule has 0 aliphatic carbocycles. The maximum Gasteiger partial charge on any atom is 0.238 e. The summed E-state index contributed by atoms with van der Waals surface area (Å²) >= 11 is 0. The van der Waals surface area contributed by atoms with Crippen LogP contribution in [0.3, 0.4) is 0 Å². The molecule has 1 aliphatic rings. The number of hydrogen-bond donors (Lipinski definition) is 1. The summed E-state index contributed by atoms with van der Waals surface area (Å²) in [6.07, 6.45) is 0. The zero-order chi connectivity index (χ0) is 8.77. The Balaban J connectivity index is 2.56. The molecule has 4 nitrogen and oxygen atoms in total. The molecule has 0 spiro atoms. The number of aromatic nitrogens is 1. The molecule has 1 aromatic rings. The highest BCUT2D eigenvalue weighted by atomic mass is 32.2. The molecule has 0 atom stereocenters. The Morgan fingerprint density at radius 3 is 3.00 bits per heavy atom. The van der Waals surface area contributed by atoms with Crippen molar-refractivity contribution in [3.63, 3.8) is 0 Å². The van der Waals surface area contributed by atoms with Crippen molar-refractivity contribution in [2.75, 3.05) is 4.72 Å². The number of nitrogens with zero attached hydrogens (tertiary/aromatic N) is 1. The lowest BCUT2D eigenvalue weighted by Crippen LogP contribution is -2.05. The van der Waals surface area contributed by atoms with E-state index in [0.717, 1.165) is 5.69 Å². The third-order valence-electron chi connectivity index (χ3n) is 1.71. The molecule has 2 heterocycles. The van der Waals surface area contributed by atoms with E-state index in [9.17, 15) is 8.42 Å². The van der Waals surface area contributed by atoms with E-state index >= 15 is 0 Å². The minimum atomic E-state index is -3.13. The van der Waals surface area contributed by atoms with Crippen LogP contribution in [0.15, 0.2) is 12.1 Å². The Kier molecular flexibility index (Phi) is 1.38. The van der Waals surface area contributed by atoms with Gasteiger partial charge >= 0.3 is 0 Å². The summed E-state index contributed by atoms with van der Waals surface area (Å²) in [5.74, 6) is 0.00398. The SMILES string of the molecule is Cc1ccc2c(n1)CS(=O)(=O)N2. The maximum absolute atomic E-state index is 11.0. The standard InChI is InChI=1S/C7H8N2O2S/c1-5-2-3-6-7(8-5)4-12(10,11)9-6/h2-3,9H,4H2,1H3. The van der Waals surface area contributed by atoms with Crippen molar-refractivity contribution in [2.24, 2.45) is 0 Å². The smallest absolute Gasteiger partial charge is 0.238 e. The van der Waals surface area contributed by atoms with E-state index in [1.807, 2.05) is 6.92 Å². The van der Waals surface area contributed by atoms with Crippen LogP contribution >= 0.6 is 0 Å². The Morgan fingerprint density at radius 1 is 1.50 bits per heavy atom. The van der Waals surface area contributed by atoms with Crippen molar-refractivity contribution in [3.05, 3.63) is 23.5 Å². The number of aryl methyl sites for hydroxylation is 1. The van der Waals surface area contributed by atoms with Gasteiger partial charge in [-0.2, -0.15) is 0 Å². The fourth-order valence-electron chi connectivity index (χ4n) is 1.20. The lowest BCUT2D eigenvalue weighted by atomic mass is 10.3. The molecule has 12 heavy (non-hydrogen) atoms. The zero-order valence-corrected chi connectivity index (χ0v) is 7.35. The topological polar surface area (TPSA) is 59.1 Å². The Hall–Kier alpha value is -1.10. The second-order valence-corrected chi connectivity index (χ2v) is 4.53. The number of sulfonamides is 1. The van der Waals surface area contributed by atoms with Crippen LogP contribution in [0.1, 0.15) is 11.4 Å². The van der Waals surface area contributed by atoms with Crippen LogP contribution in [0.5, 0.6) is 0 Å². The van der Waals surface area contributed by atoms with Gasteiger partial charge in [0.1, 0.15) is 5.75 Å². The fourth-order valence-corrected chi connectivity index (χ4v) is 2.37. The van der Waals surface area contributed by atoms with Gasteiger partial charge in [0.05, 0.1) is 11.4 Å². The average molecular weight is 184 g/mol. The van der Waals surface area contributed by atoms with Gasteiger partial charge in [-0.15, -0.1) is 0 Å². The molecule has 1 aromatic heterocycles. The summed E-state index contributed by atoms with van der Waals surface area (Å²) in [7, 11) is -3.13. The fraction of sp³-hybridized carbons (Fsp3) is 0.286. The second-order valence-electron chi connectivity index (χ2n) is 2.81. The van der Waals surface area contributed by atoms with E-state index in [1.165, 1.54) is 0 Å². The van der Waals surface area contributed by atoms with Gasteiger partial charge in [-0.1, -0.05) is 0 Å². The van der Waals surface area contributed by atoms with Crippen LogP contribution in [-0.2, 0) is 15.8 Å². The summed E-state index contributed by atoms with van der Waals surface area (Å²) < 4.78 is 24.5. The molecule has 0 bridgehead atoms. The van der Waals surface area contributed by atoms with Crippen LogP contribution in [0.25, 0.3) is 0 Å². The summed E-state index contributed by atoms with van der Waals surface area (Å²) in [5.41, 5.74) is 2.07. The molecule has 0 aromatic carbocycles. The number of pyridine rings is 1. The first-order valence-electron chi connectivity index (χ1n) is 3.54. The predicted octanol–water partition coefficient (Wildman–Crippen LogP) is 0.645. The zero-order valence-electron chi connectivity index (χ0n) is 6.53. The molecule has 5 heteroatoms. The molecule has 2 rings (SSSR count). The minimum Gasteiger partial charge on any atom is -0.281 e. The van der Waals surface area contributed by atoms with Gasteiger partial charge in [0.25, 0.3) is 0 Å². The monoisotopic (exact) mass is 184 g/mol. The highest BCUT2D eigenvalue weighted by Crippen LogP contribution is 2.24. The van der Waals surface area contributed by atoms with Crippen molar-refractivity contribution in [1.29, 1.82) is 0 Å². The van der Waals surface area contributed by atoms with Crippen molar-refractivity contribution in [2.45, 2.75) is 12.7 Å². The molecular formula is C7H8N2O2S. The van der Waals surface area contributed by atoms with Crippen LogP contribution < -0.4 is 4.72 Å². The van der Waals surface area contributed by atoms with Crippen molar-refractivity contribution < 1.29 is 8.42 Å². The quantitative estimate of drug-likeness (QED) is 0.643. The van der Waals surface area contributed by atoms with Crippen LogP contribution in [0.2, 0.25) is 0 Å². The molecule has 0 radical (unpaired) electrons. The molecule has 1 aliphatic heterocycles. The van der Waals surface area contributed by atoms with Gasteiger partial charge in [0, 0.05) is 5.69 Å². The third-order valence-corrected chi connectivity index (χ3v) is 2.89. The van der Waals surface area contributed by atoms with Crippen LogP contribution in [0.4, 0.5) is 5.69 Å². The van der Waals surface area contributed by atoms with Crippen LogP contribution in [-0.4, -0.2) is 13.4 Å². The molecular weight excluding hydrogens is 176 g/mol. The molecule has 0 saturated carbocycles. The summed E-state index contributed by atoms with van der Waals surface area (Å²) in [6.45, 7) is 1.84. The summed E-state index contributed by atoms with van der Waals surface area (Å²) in [6, 6.07) is 3.52. The molecule has 0 amide bonds. The van der Waals surface area contributed by atoms with E-state index in [4.69, 9.17) is 0 Å². The van der Waals surface area contributed by atoms with Gasteiger partial charge in [-0.05, 0) is 19.1 Å². The van der Waals surface area contributed by atoms with E-state index in [1.54, 1.807) is 12.1 Å². The van der Waals surface area contributed by atoms with Gasteiger partial charge < -0.3 is 0 Å². The van der Waals surface area contributed by atoms with Gasteiger partial charge in [-0.25, -0.2) is 8.42 Å². The lowest BCUT2D eigenvalue weighted by Gasteiger charge is -1.96. The Morgan fingerprint density at radius 2 is 2.25 bits per heavy atom. The van der Waals surface area contributed by atoms with E-state index in [2.05, 4.69) is 9.71 Å².